The zero-order valence-electron chi connectivity index (χ0n) is 10.4. The van der Waals surface area contributed by atoms with Gasteiger partial charge in [0, 0.05) is 18.0 Å². The number of hydrogen-bond donors (Lipinski definition) is 1. The number of alkyl halides is 3. The highest BCUT2D eigenvalue weighted by Gasteiger charge is 2.27. The van der Waals surface area contributed by atoms with Crippen molar-refractivity contribution in [3.8, 4) is 0 Å². The van der Waals surface area contributed by atoms with Gasteiger partial charge in [0.1, 0.15) is 6.54 Å². The maximum Gasteiger partial charge on any atom is 0.405 e. The summed E-state index contributed by atoms with van der Waals surface area (Å²) in [5, 5.41) is 5.86. The van der Waals surface area contributed by atoms with E-state index in [-0.39, 0.29) is 5.56 Å². The summed E-state index contributed by atoms with van der Waals surface area (Å²) in [5.41, 5.74) is 1.10. The number of amides is 1. The summed E-state index contributed by atoms with van der Waals surface area (Å²) in [6.07, 6.45) is -0.960. The van der Waals surface area contributed by atoms with Gasteiger partial charge in [-0.1, -0.05) is 12.1 Å². The van der Waals surface area contributed by atoms with Gasteiger partial charge in [0.05, 0.1) is 6.54 Å². The van der Waals surface area contributed by atoms with Crippen molar-refractivity contribution in [1.82, 2.24) is 15.1 Å². The third-order valence-corrected chi connectivity index (χ3v) is 2.57. The van der Waals surface area contributed by atoms with Gasteiger partial charge in [0.25, 0.3) is 5.91 Å². The van der Waals surface area contributed by atoms with E-state index in [4.69, 9.17) is 0 Å². The Hall–Kier alpha value is -2.31. The maximum absolute atomic E-state index is 12.0. The number of carbonyl (C=O) groups excluding carboxylic acids is 1. The lowest BCUT2D eigenvalue weighted by atomic mass is 10.1. The molecular weight excluding hydrogens is 271 g/mol. The van der Waals surface area contributed by atoms with E-state index >= 15 is 0 Å². The fourth-order valence-corrected chi connectivity index (χ4v) is 1.63. The SMILES string of the molecule is O=C(NCC(F)(F)F)c1ccc(Cn2cccn2)cc1. The minimum atomic E-state index is -4.41. The van der Waals surface area contributed by atoms with Crippen molar-refractivity contribution in [3.63, 3.8) is 0 Å². The molecular formula is C13H12F3N3O. The summed E-state index contributed by atoms with van der Waals surface area (Å²) in [6, 6.07) is 8.14. The molecule has 0 spiro atoms. The normalized spacial score (nSPS) is 11.3. The molecule has 106 valence electrons. The van der Waals surface area contributed by atoms with Crippen LogP contribution in [0.5, 0.6) is 0 Å². The van der Waals surface area contributed by atoms with Crippen molar-refractivity contribution in [2.24, 2.45) is 0 Å². The predicted molar refractivity (Wildman–Crippen MR) is 66.2 cm³/mol. The minimum absolute atomic E-state index is 0.193. The number of rotatable bonds is 4. The number of benzene rings is 1. The van der Waals surface area contributed by atoms with Crippen molar-refractivity contribution in [2.75, 3.05) is 6.54 Å². The molecule has 0 saturated carbocycles. The van der Waals surface area contributed by atoms with Crippen LogP contribution >= 0.6 is 0 Å². The third kappa shape index (κ3) is 4.11. The third-order valence-electron chi connectivity index (χ3n) is 2.57. The molecule has 0 bridgehead atoms. The van der Waals surface area contributed by atoms with E-state index in [0.29, 0.717) is 6.54 Å². The molecule has 1 aromatic heterocycles. The van der Waals surface area contributed by atoms with Crippen LogP contribution in [-0.4, -0.2) is 28.4 Å². The van der Waals surface area contributed by atoms with Gasteiger partial charge < -0.3 is 5.32 Å². The van der Waals surface area contributed by atoms with Crippen LogP contribution in [0, 0.1) is 0 Å². The second kappa shape index (κ2) is 5.77. The first-order valence-electron chi connectivity index (χ1n) is 5.85. The molecule has 0 atom stereocenters. The van der Waals surface area contributed by atoms with E-state index in [1.807, 2.05) is 5.32 Å². The fourth-order valence-electron chi connectivity index (χ4n) is 1.63. The fraction of sp³-hybridized carbons (Fsp3) is 0.231. The molecule has 1 amide bonds. The van der Waals surface area contributed by atoms with E-state index in [9.17, 15) is 18.0 Å². The molecule has 2 rings (SSSR count). The highest BCUT2D eigenvalue weighted by atomic mass is 19.4. The topological polar surface area (TPSA) is 46.9 Å². The Morgan fingerprint density at radius 2 is 1.95 bits per heavy atom. The highest BCUT2D eigenvalue weighted by molar-refractivity contribution is 5.94. The average molecular weight is 283 g/mol. The highest BCUT2D eigenvalue weighted by Crippen LogP contribution is 2.13. The van der Waals surface area contributed by atoms with Gasteiger partial charge in [0.2, 0.25) is 0 Å². The van der Waals surface area contributed by atoms with Gasteiger partial charge in [-0.2, -0.15) is 18.3 Å². The molecule has 0 fully saturated rings. The van der Waals surface area contributed by atoms with Gasteiger partial charge in [-0.15, -0.1) is 0 Å². The number of nitrogens with one attached hydrogen (secondary N) is 1. The zero-order valence-corrected chi connectivity index (χ0v) is 10.4. The summed E-state index contributed by atoms with van der Waals surface area (Å²) in [6.45, 7) is -0.793. The maximum atomic E-state index is 12.0. The number of nitrogens with zero attached hydrogens (tertiary/aromatic N) is 2. The second-order valence-corrected chi connectivity index (χ2v) is 4.20. The minimum Gasteiger partial charge on any atom is -0.343 e. The predicted octanol–water partition coefficient (Wildman–Crippen LogP) is 2.22. The Morgan fingerprint density at radius 3 is 2.50 bits per heavy atom. The Kier molecular flexibility index (Phi) is 4.07. The quantitative estimate of drug-likeness (QED) is 0.935. The van der Waals surface area contributed by atoms with Gasteiger partial charge in [0.15, 0.2) is 0 Å². The number of halogens is 3. The van der Waals surface area contributed by atoms with Crippen LogP contribution in [0.1, 0.15) is 15.9 Å². The first-order chi connectivity index (χ1) is 9.44. The first-order valence-corrected chi connectivity index (χ1v) is 5.85. The van der Waals surface area contributed by atoms with Gasteiger partial charge >= 0.3 is 6.18 Å². The summed E-state index contributed by atoms with van der Waals surface area (Å²) < 4.78 is 37.7. The summed E-state index contributed by atoms with van der Waals surface area (Å²) >= 11 is 0. The molecule has 0 unspecified atom stereocenters. The van der Waals surface area contributed by atoms with E-state index in [1.54, 1.807) is 35.3 Å². The van der Waals surface area contributed by atoms with E-state index in [0.717, 1.165) is 5.56 Å². The van der Waals surface area contributed by atoms with Crippen LogP contribution in [0.3, 0.4) is 0 Å². The smallest absolute Gasteiger partial charge is 0.343 e. The Bertz CT molecular complexity index is 562. The molecule has 1 heterocycles. The Morgan fingerprint density at radius 1 is 1.25 bits per heavy atom. The van der Waals surface area contributed by atoms with Crippen LogP contribution < -0.4 is 5.32 Å². The van der Waals surface area contributed by atoms with Crippen LogP contribution in [0.25, 0.3) is 0 Å². The second-order valence-electron chi connectivity index (χ2n) is 4.20. The standard InChI is InChI=1S/C13H12F3N3O/c14-13(15,16)9-17-12(20)11-4-2-10(3-5-11)8-19-7-1-6-18-19/h1-7H,8-9H2,(H,17,20). The molecule has 0 saturated heterocycles. The zero-order chi connectivity index (χ0) is 14.6. The van der Waals surface area contributed by atoms with Gasteiger partial charge in [-0.05, 0) is 23.8 Å². The molecule has 7 heteroatoms. The van der Waals surface area contributed by atoms with Crippen molar-refractivity contribution < 1.29 is 18.0 Å². The number of hydrogen-bond acceptors (Lipinski definition) is 2. The number of aromatic nitrogens is 2. The lowest BCUT2D eigenvalue weighted by molar-refractivity contribution is -0.123. The van der Waals surface area contributed by atoms with Crippen molar-refractivity contribution in [2.45, 2.75) is 12.7 Å². The van der Waals surface area contributed by atoms with Crippen molar-refractivity contribution in [1.29, 1.82) is 0 Å². The lowest BCUT2D eigenvalue weighted by Crippen LogP contribution is -2.33. The molecule has 0 aliphatic rings. The molecule has 4 nitrogen and oxygen atoms in total. The molecule has 1 N–H and O–H groups in total. The molecule has 0 radical (unpaired) electrons. The summed E-state index contributed by atoms with van der Waals surface area (Å²) in [7, 11) is 0. The lowest BCUT2D eigenvalue weighted by Gasteiger charge is -2.08. The summed E-state index contributed by atoms with van der Waals surface area (Å²) in [5.74, 6) is -0.743. The molecule has 1 aromatic carbocycles. The van der Waals surface area contributed by atoms with Crippen molar-refractivity contribution in [3.05, 3.63) is 53.9 Å². The Balaban J connectivity index is 1.95. The van der Waals surface area contributed by atoms with Crippen LogP contribution in [-0.2, 0) is 6.54 Å². The van der Waals surface area contributed by atoms with E-state index in [1.165, 1.54) is 12.1 Å². The van der Waals surface area contributed by atoms with Crippen molar-refractivity contribution >= 4 is 5.91 Å². The Labute approximate surface area is 113 Å². The average Bonchev–Trinajstić information content (AvgIpc) is 2.89. The van der Waals surface area contributed by atoms with E-state index < -0.39 is 18.6 Å². The van der Waals surface area contributed by atoms with Gasteiger partial charge in [-0.25, -0.2) is 0 Å². The summed E-state index contributed by atoms with van der Waals surface area (Å²) in [4.78, 5) is 11.5. The van der Waals surface area contributed by atoms with Gasteiger partial charge in [-0.3, -0.25) is 9.48 Å². The molecule has 0 aliphatic heterocycles. The molecule has 2 aromatic rings. The van der Waals surface area contributed by atoms with Crippen LogP contribution in [0.15, 0.2) is 42.7 Å². The molecule has 0 aliphatic carbocycles. The largest absolute Gasteiger partial charge is 0.405 e. The first kappa shape index (κ1) is 14.1. The van der Waals surface area contributed by atoms with Crippen LogP contribution in [0.2, 0.25) is 0 Å². The monoisotopic (exact) mass is 283 g/mol. The molecule has 20 heavy (non-hydrogen) atoms. The van der Waals surface area contributed by atoms with E-state index in [2.05, 4.69) is 5.10 Å². The van der Waals surface area contributed by atoms with Crippen LogP contribution in [0.4, 0.5) is 13.2 Å². The number of carbonyl (C=O) groups is 1.